The third-order valence-electron chi connectivity index (χ3n) is 2.45. The van der Waals surface area contributed by atoms with Crippen LogP contribution in [0.4, 0.5) is 5.69 Å². The monoisotopic (exact) mass is 207 g/mol. The Labute approximate surface area is 92.3 Å². The molecular formula is C12H21N3. The second-order valence-corrected chi connectivity index (χ2v) is 4.08. The fourth-order valence-electron chi connectivity index (χ4n) is 1.46. The zero-order valence-electron chi connectivity index (χ0n) is 9.88. The number of hydrogen-bond donors (Lipinski definition) is 2. The largest absolute Gasteiger partial charge is 0.384 e. The van der Waals surface area contributed by atoms with Crippen molar-refractivity contribution in [1.29, 1.82) is 0 Å². The van der Waals surface area contributed by atoms with Gasteiger partial charge in [-0.05, 0) is 44.3 Å². The zero-order valence-corrected chi connectivity index (χ0v) is 9.88. The molecule has 0 saturated carbocycles. The Balaban J connectivity index is 2.52. The first-order chi connectivity index (χ1) is 7.13. The topological polar surface area (TPSA) is 41.3 Å². The molecule has 0 unspecified atom stereocenters. The van der Waals surface area contributed by atoms with Crippen molar-refractivity contribution in [3.05, 3.63) is 29.3 Å². The number of nitrogens with zero attached hydrogens (tertiary/aromatic N) is 1. The summed E-state index contributed by atoms with van der Waals surface area (Å²) in [5.41, 5.74) is 9.26. The molecule has 0 amide bonds. The summed E-state index contributed by atoms with van der Waals surface area (Å²) < 4.78 is 0. The van der Waals surface area contributed by atoms with Crippen LogP contribution in [0.15, 0.2) is 18.2 Å². The molecule has 0 aromatic heterocycles. The highest BCUT2D eigenvalue weighted by Gasteiger charge is 1.98. The number of hydrogen-bond acceptors (Lipinski definition) is 3. The van der Waals surface area contributed by atoms with Gasteiger partial charge < -0.3 is 16.0 Å². The summed E-state index contributed by atoms with van der Waals surface area (Å²) in [6.07, 6.45) is 0. The lowest BCUT2D eigenvalue weighted by Crippen LogP contribution is -2.20. The average Bonchev–Trinajstić information content (AvgIpc) is 2.17. The molecule has 1 aromatic carbocycles. The van der Waals surface area contributed by atoms with Crippen LogP contribution in [0.5, 0.6) is 0 Å². The van der Waals surface area contributed by atoms with E-state index in [-0.39, 0.29) is 0 Å². The van der Waals surface area contributed by atoms with E-state index in [2.05, 4.69) is 49.4 Å². The molecule has 0 spiro atoms. The molecule has 1 rings (SSSR count). The lowest BCUT2D eigenvalue weighted by Gasteiger charge is -2.12. The van der Waals surface area contributed by atoms with E-state index in [9.17, 15) is 0 Å². The van der Waals surface area contributed by atoms with Gasteiger partial charge in [0.2, 0.25) is 0 Å². The third kappa shape index (κ3) is 3.90. The molecule has 1 aromatic rings. The standard InChI is InChI=1S/C12H21N3/c1-10-8-12(5-4-11(10)9-13)14-6-7-15(2)3/h4-5,8,14H,6-7,9,13H2,1-3H3. The number of likely N-dealkylation sites (N-methyl/N-ethyl adjacent to an activating group) is 1. The van der Waals surface area contributed by atoms with E-state index in [0.29, 0.717) is 6.54 Å². The van der Waals surface area contributed by atoms with E-state index in [1.807, 2.05) is 0 Å². The summed E-state index contributed by atoms with van der Waals surface area (Å²) in [6.45, 7) is 4.72. The Morgan fingerprint density at radius 2 is 2.07 bits per heavy atom. The maximum atomic E-state index is 5.61. The van der Waals surface area contributed by atoms with Crippen LogP contribution in [-0.2, 0) is 6.54 Å². The van der Waals surface area contributed by atoms with Crippen molar-refractivity contribution in [2.24, 2.45) is 5.73 Å². The van der Waals surface area contributed by atoms with Gasteiger partial charge in [0.15, 0.2) is 0 Å². The fraction of sp³-hybridized carbons (Fsp3) is 0.500. The molecule has 15 heavy (non-hydrogen) atoms. The number of benzene rings is 1. The molecule has 0 heterocycles. The summed E-state index contributed by atoms with van der Waals surface area (Å²) in [5, 5.41) is 3.39. The summed E-state index contributed by atoms with van der Waals surface area (Å²) in [6, 6.07) is 6.33. The van der Waals surface area contributed by atoms with Gasteiger partial charge >= 0.3 is 0 Å². The highest BCUT2D eigenvalue weighted by Crippen LogP contribution is 2.14. The van der Waals surface area contributed by atoms with Gasteiger partial charge in [-0.25, -0.2) is 0 Å². The van der Waals surface area contributed by atoms with E-state index in [1.165, 1.54) is 16.8 Å². The second-order valence-electron chi connectivity index (χ2n) is 4.08. The maximum Gasteiger partial charge on any atom is 0.0343 e. The lowest BCUT2D eigenvalue weighted by atomic mass is 10.1. The Bertz CT molecular complexity index is 308. The van der Waals surface area contributed by atoms with E-state index in [4.69, 9.17) is 5.73 Å². The van der Waals surface area contributed by atoms with Crippen molar-refractivity contribution < 1.29 is 0 Å². The Kier molecular flexibility index (Phi) is 4.59. The summed E-state index contributed by atoms with van der Waals surface area (Å²) in [5.74, 6) is 0. The lowest BCUT2D eigenvalue weighted by molar-refractivity contribution is 0.425. The van der Waals surface area contributed by atoms with Gasteiger partial charge in [0.25, 0.3) is 0 Å². The van der Waals surface area contributed by atoms with Gasteiger partial charge in [-0.1, -0.05) is 6.07 Å². The molecule has 0 saturated heterocycles. The Morgan fingerprint density at radius 1 is 1.33 bits per heavy atom. The Morgan fingerprint density at radius 3 is 2.60 bits per heavy atom. The molecule has 0 bridgehead atoms. The molecule has 3 nitrogen and oxygen atoms in total. The van der Waals surface area contributed by atoms with Crippen molar-refractivity contribution in [1.82, 2.24) is 4.90 Å². The second kappa shape index (κ2) is 5.73. The van der Waals surface area contributed by atoms with Crippen LogP contribution in [-0.4, -0.2) is 32.1 Å². The third-order valence-corrected chi connectivity index (χ3v) is 2.45. The fourth-order valence-corrected chi connectivity index (χ4v) is 1.46. The van der Waals surface area contributed by atoms with Crippen LogP contribution in [0.25, 0.3) is 0 Å². The highest BCUT2D eigenvalue weighted by molar-refractivity contribution is 5.48. The van der Waals surface area contributed by atoms with Crippen molar-refractivity contribution in [3.8, 4) is 0 Å². The smallest absolute Gasteiger partial charge is 0.0343 e. The summed E-state index contributed by atoms with van der Waals surface area (Å²) >= 11 is 0. The highest BCUT2D eigenvalue weighted by atomic mass is 15.1. The first-order valence-electron chi connectivity index (χ1n) is 5.31. The molecule has 0 fully saturated rings. The quantitative estimate of drug-likeness (QED) is 0.767. The van der Waals surface area contributed by atoms with E-state index in [0.717, 1.165) is 13.1 Å². The molecule has 0 radical (unpaired) electrons. The minimum absolute atomic E-state index is 0.615. The normalized spacial score (nSPS) is 10.7. The first-order valence-corrected chi connectivity index (χ1v) is 5.31. The van der Waals surface area contributed by atoms with Crippen LogP contribution in [0.1, 0.15) is 11.1 Å². The van der Waals surface area contributed by atoms with Crippen LogP contribution in [0.2, 0.25) is 0 Å². The molecule has 3 heteroatoms. The molecule has 0 atom stereocenters. The van der Waals surface area contributed by atoms with Crippen molar-refractivity contribution in [3.63, 3.8) is 0 Å². The molecule has 0 aliphatic rings. The van der Waals surface area contributed by atoms with E-state index < -0.39 is 0 Å². The van der Waals surface area contributed by atoms with Crippen LogP contribution in [0.3, 0.4) is 0 Å². The SMILES string of the molecule is Cc1cc(NCCN(C)C)ccc1CN. The van der Waals surface area contributed by atoms with Crippen LogP contribution >= 0.6 is 0 Å². The first kappa shape index (κ1) is 12.0. The zero-order chi connectivity index (χ0) is 11.3. The van der Waals surface area contributed by atoms with Crippen LogP contribution < -0.4 is 11.1 Å². The molecule has 3 N–H and O–H groups in total. The van der Waals surface area contributed by atoms with E-state index in [1.54, 1.807) is 0 Å². The predicted molar refractivity (Wildman–Crippen MR) is 66.1 cm³/mol. The number of rotatable bonds is 5. The van der Waals surface area contributed by atoms with Gasteiger partial charge in [-0.2, -0.15) is 0 Å². The van der Waals surface area contributed by atoms with Crippen molar-refractivity contribution in [2.75, 3.05) is 32.5 Å². The molecular weight excluding hydrogens is 186 g/mol. The minimum atomic E-state index is 0.615. The average molecular weight is 207 g/mol. The molecule has 0 aliphatic carbocycles. The van der Waals surface area contributed by atoms with Gasteiger partial charge in [-0.15, -0.1) is 0 Å². The number of nitrogens with two attached hydrogens (primary N) is 1. The summed E-state index contributed by atoms with van der Waals surface area (Å²) in [7, 11) is 4.15. The van der Waals surface area contributed by atoms with Crippen molar-refractivity contribution >= 4 is 5.69 Å². The number of nitrogens with one attached hydrogen (secondary N) is 1. The summed E-state index contributed by atoms with van der Waals surface area (Å²) in [4.78, 5) is 2.16. The van der Waals surface area contributed by atoms with Crippen LogP contribution in [0, 0.1) is 6.92 Å². The van der Waals surface area contributed by atoms with Gasteiger partial charge in [0, 0.05) is 25.3 Å². The molecule has 84 valence electrons. The maximum absolute atomic E-state index is 5.61. The molecule has 0 aliphatic heterocycles. The van der Waals surface area contributed by atoms with Gasteiger partial charge in [0.05, 0.1) is 0 Å². The Hall–Kier alpha value is -1.06. The van der Waals surface area contributed by atoms with Gasteiger partial charge in [0.1, 0.15) is 0 Å². The van der Waals surface area contributed by atoms with E-state index >= 15 is 0 Å². The number of aryl methyl sites for hydroxylation is 1. The minimum Gasteiger partial charge on any atom is -0.384 e. The van der Waals surface area contributed by atoms with Crippen molar-refractivity contribution in [2.45, 2.75) is 13.5 Å². The number of anilines is 1. The predicted octanol–water partition coefficient (Wildman–Crippen LogP) is 1.43. The van der Waals surface area contributed by atoms with Gasteiger partial charge in [-0.3, -0.25) is 0 Å².